The molecule has 1 aliphatic rings. The second-order valence-electron chi connectivity index (χ2n) is 5.61. The summed E-state index contributed by atoms with van der Waals surface area (Å²) in [5.74, 6) is 1.16. The number of amides is 1. The van der Waals surface area contributed by atoms with Crippen molar-refractivity contribution in [2.75, 3.05) is 31.1 Å². The molecule has 2 aromatic heterocycles. The molecule has 4 rings (SSSR count). The second-order valence-corrected chi connectivity index (χ2v) is 6.56. The molecule has 0 unspecified atom stereocenters. The van der Waals surface area contributed by atoms with Crippen LogP contribution in [0.3, 0.4) is 0 Å². The summed E-state index contributed by atoms with van der Waals surface area (Å²) < 4.78 is 0. The van der Waals surface area contributed by atoms with Crippen molar-refractivity contribution in [3.63, 3.8) is 0 Å². The van der Waals surface area contributed by atoms with E-state index in [4.69, 9.17) is 0 Å². The maximum atomic E-state index is 12.4. The van der Waals surface area contributed by atoms with Crippen LogP contribution in [0.1, 0.15) is 9.67 Å². The lowest BCUT2D eigenvalue weighted by atomic mass is 10.1. The van der Waals surface area contributed by atoms with Crippen molar-refractivity contribution in [3.8, 4) is 0 Å². The van der Waals surface area contributed by atoms with Gasteiger partial charge in [-0.3, -0.25) is 4.79 Å². The minimum Gasteiger partial charge on any atom is -0.353 e. The molecule has 4 nitrogen and oxygen atoms in total. The molecular weight excluding hydrogens is 306 g/mol. The summed E-state index contributed by atoms with van der Waals surface area (Å²) in [6.07, 6.45) is 1.86. The molecular formula is C18H17N3OS. The van der Waals surface area contributed by atoms with Gasteiger partial charge in [-0.1, -0.05) is 30.3 Å². The first-order chi connectivity index (χ1) is 11.3. The largest absolute Gasteiger partial charge is 0.353 e. The highest BCUT2D eigenvalue weighted by molar-refractivity contribution is 7.12. The molecule has 23 heavy (non-hydrogen) atoms. The van der Waals surface area contributed by atoms with Crippen molar-refractivity contribution >= 4 is 33.8 Å². The van der Waals surface area contributed by atoms with E-state index in [-0.39, 0.29) is 5.91 Å². The summed E-state index contributed by atoms with van der Waals surface area (Å²) in [7, 11) is 0. The standard InChI is InChI=1S/C18H17N3OS/c22-18(16-6-3-13-23-16)21-11-9-20(10-12-21)17-15-5-2-1-4-14(15)7-8-19-17/h1-8,13H,9-12H2. The summed E-state index contributed by atoms with van der Waals surface area (Å²) in [5, 5.41) is 4.33. The quantitative estimate of drug-likeness (QED) is 0.726. The first-order valence-electron chi connectivity index (χ1n) is 7.74. The molecule has 0 atom stereocenters. The number of hydrogen-bond donors (Lipinski definition) is 0. The lowest BCUT2D eigenvalue weighted by molar-refractivity contribution is 0.0751. The fourth-order valence-electron chi connectivity index (χ4n) is 3.03. The zero-order chi connectivity index (χ0) is 15.6. The Labute approximate surface area is 139 Å². The van der Waals surface area contributed by atoms with Crippen LogP contribution in [0, 0.1) is 0 Å². The Balaban J connectivity index is 1.52. The molecule has 1 amide bonds. The van der Waals surface area contributed by atoms with Crippen LogP contribution in [0.2, 0.25) is 0 Å². The predicted octanol–water partition coefficient (Wildman–Crippen LogP) is 3.26. The highest BCUT2D eigenvalue weighted by Crippen LogP contribution is 2.25. The number of nitrogens with zero attached hydrogens (tertiary/aromatic N) is 3. The molecule has 0 saturated carbocycles. The number of rotatable bonds is 2. The molecule has 1 aromatic carbocycles. The fraction of sp³-hybridized carbons (Fsp3) is 0.222. The van der Waals surface area contributed by atoms with Gasteiger partial charge in [-0.05, 0) is 22.9 Å². The van der Waals surface area contributed by atoms with Gasteiger partial charge in [-0.25, -0.2) is 4.98 Å². The molecule has 1 aliphatic heterocycles. The summed E-state index contributed by atoms with van der Waals surface area (Å²) in [5.41, 5.74) is 0. The maximum Gasteiger partial charge on any atom is 0.264 e. The van der Waals surface area contributed by atoms with Crippen LogP contribution >= 0.6 is 11.3 Å². The summed E-state index contributed by atoms with van der Waals surface area (Å²) in [6.45, 7) is 3.11. The van der Waals surface area contributed by atoms with Gasteiger partial charge in [0.2, 0.25) is 0 Å². The number of anilines is 1. The van der Waals surface area contributed by atoms with Gasteiger partial charge < -0.3 is 9.80 Å². The van der Waals surface area contributed by atoms with Gasteiger partial charge in [0.05, 0.1) is 4.88 Å². The Kier molecular flexibility index (Phi) is 3.71. The molecule has 5 heteroatoms. The van der Waals surface area contributed by atoms with Gasteiger partial charge >= 0.3 is 0 Å². The first kappa shape index (κ1) is 14.2. The van der Waals surface area contributed by atoms with Gasteiger partial charge in [0.25, 0.3) is 5.91 Å². The van der Waals surface area contributed by atoms with Crippen LogP contribution < -0.4 is 4.90 Å². The molecule has 3 aromatic rings. The number of fused-ring (bicyclic) bond motifs is 1. The highest BCUT2D eigenvalue weighted by Gasteiger charge is 2.24. The fourth-order valence-corrected chi connectivity index (χ4v) is 3.72. The van der Waals surface area contributed by atoms with Crippen LogP contribution in [0.4, 0.5) is 5.82 Å². The average Bonchev–Trinajstić information content (AvgIpc) is 3.15. The van der Waals surface area contributed by atoms with Crippen molar-refractivity contribution in [2.45, 2.75) is 0 Å². The van der Waals surface area contributed by atoms with Crippen LogP contribution in [0.25, 0.3) is 10.8 Å². The number of hydrogen-bond acceptors (Lipinski definition) is 4. The third-order valence-electron chi connectivity index (χ3n) is 4.25. The van der Waals surface area contributed by atoms with Crippen molar-refractivity contribution in [2.24, 2.45) is 0 Å². The lowest BCUT2D eigenvalue weighted by Gasteiger charge is -2.35. The number of piperazine rings is 1. The van der Waals surface area contributed by atoms with E-state index in [1.54, 1.807) is 0 Å². The SMILES string of the molecule is O=C(c1cccs1)N1CCN(c2nccc3ccccc23)CC1. The minimum absolute atomic E-state index is 0.144. The molecule has 1 saturated heterocycles. The number of benzene rings is 1. The minimum atomic E-state index is 0.144. The van der Waals surface area contributed by atoms with Crippen molar-refractivity contribution in [1.82, 2.24) is 9.88 Å². The van der Waals surface area contributed by atoms with E-state index in [9.17, 15) is 4.79 Å². The summed E-state index contributed by atoms with van der Waals surface area (Å²) in [6, 6.07) is 14.2. The maximum absolute atomic E-state index is 12.4. The van der Waals surface area contributed by atoms with Gasteiger partial charge in [-0.15, -0.1) is 11.3 Å². The van der Waals surface area contributed by atoms with E-state index in [0.29, 0.717) is 0 Å². The average molecular weight is 323 g/mol. The molecule has 116 valence electrons. The molecule has 3 heterocycles. The van der Waals surface area contributed by atoms with E-state index >= 15 is 0 Å². The summed E-state index contributed by atoms with van der Waals surface area (Å²) >= 11 is 1.51. The Bertz CT molecular complexity index is 818. The smallest absolute Gasteiger partial charge is 0.264 e. The molecule has 0 spiro atoms. The van der Waals surface area contributed by atoms with Gasteiger partial charge in [0.1, 0.15) is 5.82 Å². The van der Waals surface area contributed by atoms with E-state index in [1.807, 2.05) is 46.8 Å². The zero-order valence-corrected chi connectivity index (χ0v) is 13.5. The molecule has 1 fully saturated rings. The van der Waals surface area contributed by atoms with Crippen LogP contribution in [-0.4, -0.2) is 42.0 Å². The number of pyridine rings is 1. The number of aromatic nitrogens is 1. The van der Waals surface area contributed by atoms with E-state index in [0.717, 1.165) is 36.9 Å². The van der Waals surface area contributed by atoms with E-state index < -0.39 is 0 Å². The molecule has 0 N–H and O–H groups in total. The predicted molar refractivity (Wildman–Crippen MR) is 94.2 cm³/mol. The van der Waals surface area contributed by atoms with Gasteiger partial charge in [-0.2, -0.15) is 0 Å². The summed E-state index contributed by atoms with van der Waals surface area (Å²) in [4.78, 5) is 22.0. The van der Waals surface area contributed by atoms with E-state index in [1.165, 1.54) is 22.1 Å². The first-order valence-corrected chi connectivity index (χ1v) is 8.62. The van der Waals surface area contributed by atoms with E-state index in [2.05, 4.69) is 22.0 Å². The van der Waals surface area contributed by atoms with Crippen molar-refractivity contribution in [3.05, 3.63) is 58.9 Å². The Morgan fingerprint density at radius 3 is 2.61 bits per heavy atom. The van der Waals surface area contributed by atoms with Crippen LogP contribution in [0.15, 0.2) is 54.0 Å². The van der Waals surface area contributed by atoms with Crippen molar-refractivity contribution < 1.29 is 4.79 Å². The molecule has 0 radical (unpaired) electrons. The lowest BCUT2D eigenvalue weighted by Crippen LogP contribution is -2.49. The number of carbonyl (C=O) groups excluding carboxylic acids is 1. The third-order valence-corrected chi connectivity index (χ3v) is 5.11. The Hall–Kier alpha value is -2.40. The normalized spacial score (nSPS) is 15.1. The van der Waals surface area contributed by atoms with Crippen molar-refractivity contribution in [1.29, 1.82) is 0 Å². The second kappa shape index (κ2) is 6.01. The molecule has 0 aliphatic carbocycles. The number of carbonyl (C=O) groups is 1. The topological polar surface area (TPSA) is 36.4 Å². The monoisotopic (exact) mass is 323 g/mol. The highest BCUT2D eigenvalue weighted by atomic mass is 32.1. The Morgan fingerprint density at radius 1 is 1.00 bits per heavy atom. The van der Waals surface area contributed by atoms with Crippen LogP contribution in [0.5, 0.6) is 0 Å². The van der Waals surface area contributed by atoms with Crippen LogP contribution in [-0.2, 0) is 0 Å². The number of thiophene rings is 1. The molecule has 0 bridgehead atoms. The third kappa shape index (κ3) is 2.68. The Morgan fingerprint density at radius 2 is 1.83 bits per heavy atom. The van der Waals surface area contributed by atoms with Gasteiger partial charge in [0.15, 0.2) is 0 Å². The van der Waals surface area contributed by atoms with Gasteiger partial charge in [0, 0.05) is 37.8 Å². The zero-order valence-electron chi connectivity index (χ0n) is 12.7.